The summed E-state index contributed by atoms with van der Waals surface area (Å²) in [5.41, 5.74) is 1.67. The SMILES string of the molecule is COc1ccc(CO)c(OCc2cncc(Br)c2)c1. The van der Waals surface area contributed by atoms with E-state index in [0.29, 0.717) is 18.1 Å². The van der Waals surface area contributed by atoms with Crippen molar-refractivity contribution in [3.8, 4) is 11.5 Å². The molecular formula is C14H14BrNO3. The fourth-order valence-electron chi connectivity index (χ4n) is 1.62. The van der Waals surface area contributed by atoms with Crippen LogP contribution < -0.4 is 9.47 Å². The molecule has 5 heteroatoms. The lowest BCUT2D eigenvalue weighted by Crippen LogP contribution is -2.00. The highest BCUT2D eigenvalue weighted by atomic mass is 79.9. The predicted octanol–water partition coefficient (Wildman–Crippen LogP) is 2.92. The van der Waals surface area contributed by atoms with E-state index < -0.39 is 0 Å². The minimum atomic E-state index is -0.0734. The van der Waals surface area contributed by atoms with Crippen molar-refractivity contribution in [2.75, 3.05) is 7.11 Å². The quantitative estimate of drug-likeness (QED) is 0.919. The van der Waals surface area contributed by atoms with Gasteiger partial charge in [-0.15, -0.1) is 0 Å². The Kier molecular flexibility index (Phi) is 4.76. The molecule has 19 heavy (non-hydrogen) atoms. The lowest BCUT2D eigenvalue weighted by molar-refractivity contribution is 0.258. The molecular weight excluding hydrogens is 310 g/mol. The summed E-state index contributed by atoms with van der Waals surface area (Å²) in [6.45, 7) is 0.308. The smallest absolute Gasteiger partial charge is 0.129 e. The van der Waals surface area contributed by atoms with Gasteiger partial charge in [-0.2, -0.15) is 0 Å². The maximum absolute atomic E-state index is 9.28. The maximum Gasteiger partial charge on any atom is 0.129 e. The molecule has 0 aliphatic heterocycles. The number of halogens is 1. The van der Waals surface area contributed by atoms with Crippen molar-refractivity contribution in [2.24, 2.45) is 0 Å². The second-order valence-corrected chi connectivity index (χ2v) is 4.85. The van der Waals surface area contributed by atoms with Crippen LogP contribution in [0.5, 0.6) is 11.5 Å². The normalized spacial score (nSPS) is 10.3. The molecule has 0 aliphatic carbocycles. The summed E-state index contributed by atoms with van der Waals surface area (Å²) in [6, 6.07) is 7.27. The summed E-state index contributed by atoms with van der Waals surface area (Å²) in [5, 5.41) is 9.28. The van der Waals surface area contributed by atoms with Gasteiger partial charge >= 0.3 is 0 Å². The molecule has 0 aliphatic rings. The average Bonchev–Trinajstić information content (AvgIpc) is 2.45. The van der Waals surface area contributed by atoms with Crippen molar-refractivity contribution in [3.63, 3.8) is 0 Å². The van der Waals surface area contributed by atoms with Crippen molar-refractivity contribution in [1.82, 2.24) is 4.98 Å². The van der Waals surface area contributed by atoms with Gasteiger partial charge in [-0.3, -0.25) is 4.98 Å². The molecule has 0 fully saturated rings. The Balaban J connectivity index is 2.14. The minimum Gasteiger partial charge on any atom is -0.497 e. The third kappa shape index (κ3) is 3.68. The lowest BCUT2D eigenvalue weighted by atomic mass is 10.2. The third-order valence-corrected chi connectivity index (χ3v) is 3.03. The van der Waals surface area contributed by atoms with Gasteiger partial charge in [0, 0.05) is 34.1 Å². The van der Waals surface area contributed by atoms with Crippen molar-refractivity contribution >= 4 is 15.9 Å². The Morgan fingerprint density at radius 3 is 2.79 bits per heavy atom. The molecule has 0 saturated carbocycles. The number of ether oxygens (including phenoxy) is 2. The molecule has 0 spiro atoms. The van der Waals surface area contributed by atoms with Crippen LogP contribution in [-0.4, -0.2) is 17.2 Å². The van der Waals surface area contributed by atoms with Crippen LogP contribution in [0.3, 0.4) is 0 Å². The number of rotatable bonds is 5. The number of hydrogen-bond acceptors (Lipinski definition) is 4. The Morgan fingerprint density at radius 2 is 2.11 bits per heavy atom. The second kappa shape index (κ2) is 6.54. The summed E-state index contributed by atoms with van der Waals surface area (Å²) in [7, 11) is 1.59. The molecule has 2 rings (SSSR count). The van der Waals surface area contributed by atoms with Gasteiger partial charge in [0.2, 0.25) is 0 Å². The van der Waals surface area contributed by atoms with Crippen LogP contribution in [0, 0.1) is 0 Å². The highest BCUT2D eigenvalue weighted by molar-refractivity contribution is 9.10. The Hall–Kier alpha value is -1.59. The van der Waals surface area contributed by atoms with Crippen molar-refractivity contribution in [1.29, 1.82) is 0 Å². The molecule has 0 unspecified atom stereocenters. The summed E-state index contributed by atoms with van der Waals surface area (Å²) in [6.07, 6.45) is 3.46. The highest BCUT2D eigenvalue weighted by Gasteiger charge is 2.06. The molecule has 100 valence electrons. The number of methoxy groups -OCH3 is 1. The van der Waals surface area contributed by atoms with Crippen LogP contribution >= 0.6 is 15.9 Å². The molecule has 0 bridgehead atoms. The van der Waals surface area contributed by atoms with E-state index in [1.54, 1.807) is 37.7 Å². The summed E-state index contributed by atoms with van der Waals surface area (Å²) in [5.74, 6) is 1.31. The van der Waals surface area contributed by atoms with E-state index in [-0.39, 0.29) is 6.61 Å². The van der Waals surface area contributed by atoms with E-state index in [1.807, 2.05) is 6.07 Å². The molecule has 2 aromatic rings. The molecule has 0 amide bonds. The predicted molar refractivity (Wildman–Crippen MR) is 75.2 cm³/mol. The summed E-state index contributed by atoms with van der Waals surface area (Å²) >= 11 is 3.36. The second-order valence-electron chi connectivity index (χ2n) is 3.93. The van der Waals surface area contributed by atoms with Gasteiger partial charge in [0.1, 0.15) is 18.1 Å². The van der Waals surface area contributed by atoms with Gasteiger partial charge in [-0.25, -0.2) is 0 Å². The molecule has 1 heterocycles. The number of hydrogen-bond donors (Lipinski definition) is 1. The first-order valence-corrected chi connectivity index (χ1v) is 6.52. The Morgan fingerprint density at radius 1 is 1.26 bits per heavy atom. The maximum atomic E-state index is 9.28. The fraction of sp³-hybridized carbons (Fsp3) is 0.214. The zero-order chi connectivity index (χ0) is 13.7. The lowest BCUT2D eigenvalue weighted by Gasteiger charge is -2.11. The molecule has 0 saturated heterocycles. The first kappa shape index (κ1) is 13.8. The van der Waals surface area contributed by atoms with E-state index in [1.165, 1.54) is 0 Å². The van der Waals surface area contributed by atoms with Crippen molar-refractivity contribution in [2.45, 2.75) is 13.2 Å². The van der Waals surface area contributed by atoms with Gasteiger partial charge in [0.05, 0.1) is 13.7 Å². The van der Waals surface area contributed by atoms with Crippen molar-refractivity contribution < 1.29 is 14.6 Å². The monoisotopic (exact) mass is 323 g/mol. The average molecular weight is 324 g/mol. The Labute approximate surface area is 120 Å². The fourth-order valence-corrected chi connectivity index (χ4v) is 2.03. The summed E-state index contributed by atoms with van der Waals surface area (Å²) < 4.78 is 11.8. The molecule has 1 aromatic carbocycles. The standard InChI is InChI=1S/C14H14BrNO3/c1-18-13-3-2-11(8-17)14(5-13)19-9-10-4-12(15)7-16-6-10/h2-7,17H,8-9H2,1H3. The van der Waals surface area contributed by atoms with Crippen LogP contribution in [0.25, 0.3) is 0 Å². The highest BCUT2D eigenvalue weighted by Crippen LogP contribution is 2.25. The molecule has 1 aromatic heterocycles. The van der Waals surface area contributed by atoms with Crippen molar-refractivity contribution in [3.05, 3.63) is 52.3 Å². The zero-order valence-corrected chi connectivity index (χ0v) is 12.1. The first-order valence-electron chi connectivity index (χ1n) is 5.73. The van der Waals surface area contributed by atoms with Crippen LogP contribution in [0.1, 0.15) is 11.1 Å². The molecule has 0 atom stereocenters. The number of pyridine rings is 1. The van der Waals surface area contributed by atoms with Crippen LogP contribution in [-0.2, 0) is 13.2 Å². The number of aromatic nitrogens is 1. The number of aliphatic hydroxyl groups is 1. The minimum absolute atomic E-state index is 0.0734. The third-order valence-electron chi connectivity index (χ3n) is 2.60. The van der Waals surface area contributed by atoms with E-state index in [9.17, 15) is 5.11 Å². The van der Waals surface area contributed by atoms with Gasteiger partial charge in [0.15, 0.2) is 0 Å². The largest absolute Gasteiger partial charge is 0.497 e. The zero-order valence-electron chi connectivity index (χ0n) is 10.5. The van der Waals surface area contributed by atoms with Gasteiger partial charge in [-0.05, 0) is 34.1 Å². The van der Waals surface area contributed by atoms with Gasteiger partial charge < -0.3 is 14.6 Å². The molecule has 0 radical (unpaired) electrons. The van der Waals surface area contributed by atoms with Crippen LogP contribution in [0.2, 0.25) is 0 Å². The molecule has 4 nitrogen and oxygen atoms in total. The first-order chi connectivity index (χ1) is 9.22. The van der Waals surface area contributed by atoms with Crippen LogP contribution in [0.15, 0.2) is 41.1 Å². The van der Waals surface area contributed by atoms with Crippen LogP contribution in [0.4, 0.5) is 0 Å². The van der Waals surface area contributed by atoms with E-state index in [2.05, 4.69) is 20.9 Å². The summed E-state index contributed by atoms with van der Waals surface area (Å²) in [4.78, 5) is 4.07. The van der Waals surface area contributed by atoms with E-state index in [0.717, 1.165) is 15.6 Å². The number of aliphatic hydroxyl groups excluding tert-OH is 1. The number of nitrogens with zero attached hydrogens (tertiary/aromatic N) is 1. The Bertz CT molecular complexity index is 560. The van der Waals surface area contributed by atoms with E-state index in [4.69, 9.17) is 9.47 Å². The molecule has 1 N–H and O–H groups in total. The van der Waals surface area contributed by atoms with Gasteiger partial charge in [0.25, 0.3) is 0 Å². The number of benzene rings is 1. The topological polar surface area (TPSA) is 51.6 Å². The van der Waals surface area contributed by atoms with E-state index >= 15 is 0 Å². The van der Waals surface area contributed by atoms with Gasteiger partial charge in [-0.1, -0.05) is 0 Å².